The van der Waals surface area contributed by atoms with Crippen LogP contribution in [0.3, 0.4) is 0 Å². The van der Waals surface area contributed by atoms with Crippen molar-refractivity contribution >= 4 is 18.0 Å². The quantitative estimate of drug-likeness (QED) is 0.373. The number of unbranched alkanes of at least 4 members (excludes halogenated alkanes) is 3. The second-order valence-electron chi connectivity index (χ2n) is 7.78. The Hall–Kier alpha value is -3.35. The summed E-state index contributed by atoms with van der Waals surface area (Å²) in [5, 5.41) is 11.3. The van der Waals surface area contributed by atoms with Crippen molar-refractivity contribution in [3.05, 3.63) is 59.7 Å². The number of carbonyl (C=O) groups excluding carboxylic acids is 2. The van der Waals surface area contributed by atoms with E-state index < -0.39 is 18.0 Å². The number of hydrogen-bond acceptors (Lipinski definition) is 5. The molecule has 2 aromatic rings. The molecule has 1 aliphatic rings. The number of rotatable bonds is 12. The Bertz CT molecular complexity index is 896. The number of benzene rings is 2. The van der Waals surface area contributed by atoms with E-state index in [2.05, 4.69) is 29.6 Å². The van der Waals surface area contributed by atoms with E-state index in [1.807, 2.05) is 24.3 Å². The fourth-order valence-corrected chi connectivity index (χ4v) is 3.89. The molecule has 0 bridgehead atoms. The van der Waals surface area contributed by atoms with Crippen LogP contribution in [-0.2, 0) is 19.1 Å². The number of carboxylic acid groups (broad SMARTS) is 1. The van der Waals surface area contributed by atoms with Crippen LogP contribution in [0, 0.1) is 0 Å². The summed E-state index contributed by atoms with van der Waals surface area (Å²) in [4.78, 5) is 33.8. The average Bonchev–Trinajstić information content (AvgIpc) is 3.12. The van der Waals surface area contributed by atoms with Crippen molar-refractivity contribution in [3.8, 4) is 11.1 Å². The van der Waals surface area contributed by atoms with Gasteiger partial charge in [0.1, 0.15) is 6.61 Å². The number of alkyl carbamates (subject to hydrolysis) is 1. The number of carboxylic acids is 1. The normalized spacial score (nSPS) is 12.0. The Morgan fingerprint density at radius 1 is 0.812 bits per heavy atom. The molecule has 1 amide bonds. The lowest BCUT2D eigenvalue weighted by Crippen LogP contribution is -2.27. The van der Waals surface area contributed by atoms with E-state index in [0.717, 1.165) is 19.3 Å². The zero-order valence-corrected chi connectivity index (χ0v) is 18.0. The van der Waals surface area contributed by atoms with Crippen LogP contribution in [0.1, 0.15) is 55.6 Å². The Balaban J connectivity index is 1.28. The van der Waals surface area contributed by atoms with Gasteiger partial charge >= 0.3 is 18.0 Å². The third-order valence-electron chi connectivity index (χ3n) is 5.49. The summed E-state index contributed by atoms with van der Waals surface area (Å²) >= 11 is 0. The largest absolute Gasteiger partial charge is 0.481 e. The van der Waals surface area contributed by atoms with Crippen molar-refractivity contribution in [2.24, 2.45) is 0 Å². The fraction of sp³-hybridized carbons (Fsp3) is 0.400. The van der Waals surface area contributed by atoms with Crippen LogP contribution >= 0.6 is 0 Å². The summed E-state index contributed by atoms with van der Waals surface area (Å²) in [6.07, 6.45) is 2.54. The Morgan fingerprint density at radius 2 is 1.44 bits per heavy atom. The molecule has 0 atom stereocenters. The molecule has 0 heterocycles. The van der Waals surface area contributed by atoms with Gasteiger partial charge in [-0.2, -0.15) is 0 Å². The molecule has 0 unspecified atom stereocenters. The summed E-state index contributed by atoms with van der Waals surface area (Å²) in [7, 11) is 0. The van der Waals surface area contributed by atoms with E-state index in [9.17, 15) is 14.4 Å². The number of carbonyl (C=O) groups is 3. The second kappa shape index (κ2) is 11.9. The average molecular weight is 440 g/mol. The van der Waals surface area contributed by atoms with Crippen molar-refractivity contribution in [2.45, 2.75) is 44.4 Å². The van der Waals surface area contributed by atoms with Crippen LogP contribution in [0.2, 0.25) is 0 Å². The Labute approximate surface area is 187 Å². The molecule has 0 saturated heterocycles. The smallest absolute Gasteiger partial charge is 0.407 e. The van der Waals surface area contributed by atoms with Crippen LogP contribution in [0.25, 0.3) is 11.1 Å². The van der Waals surface area contributed by atoms with Gasteiger partial charge in [-0.1, -0.05) is 55.0 Å². The van der Waals surface area contributed by atoms with Gasteiger partial charge in [0.05, 0.1) is 19.4 Å². The lowest BCUT2D eigenvalue weighted by Gasteiger charge is -2.14. The third-order valence-corrected chi connectivity index (χ3v) is 5.49. The standard InChI is InChI=1S/C25H29NO6/c27-23(28)13-14-24(29)31-16-8-2-1-7-15-26-25(30)32-17-22-20-11-5-3-9-18(20)19-10-4-6-12-21(19)22/h3-6,9-12,22H,1-2,7-8,13-17H2,(H,26,30)(H,27,28). The summed E-state index contributed by atoms with van der Waals surface area (Å²) in [6, 6.07) is 16.4. The van der Waals surface area contributed by atoms with Crippen LogP contribution in [0.15, 0.2) is 48.5 Å². The van der Waals surface area contributed by atoms with Gasteiger partial charge in [-0.05, 0) is 41.5 Å². The molecule has 2 aromatic carbocycles. The van der Waals surface area contributed by atoms with Gasteiger partial charge in [0, 0.05) is 12.5 Å². The van der Waals surface area contributed by atoms with E-state index in [1.165, 1.54) is 22.3 Å². The molecule has 3 rings (SSSR count). The summed E-state index contributed by atoms with van der Waals surface area (Å²) in [5.74, 6) is -1.44. The van der Waals surface area contributed by atoms with E-state index >= 15 is 0 Å². The highest BCUT2D eigenvalue weighted by molar-refractivity contribution is 5.79. The summed E-state index contributed by atoms with van der Waals surface area (Å²) < 4.78 is 10.5. The molecule has 7 heteroatoms. The second-order valence-corrected chi connectivity index (χ2v) is 7.78. The maximum atomic E-state index is 12.1. The van der Waals surface area contributed by atoms with Gasteiger partial charge in [0.25, 0.3) is 0 Å². The first-order valence-corrected chi connectivity index (χ1v) is 11.0. The molecule has 32 heavy (non-hydrogen) atoms. The molecule has 1 aliphatic carbocycles. The fourth-order valence-electron chi connectivity index (χ4n) is 3.89. The van der Waals surface area contributed by atoms with Gasteiger partial charge in [0.15, 0.2) is 0 Å². The van der Waals surface area contributed by atoms with Crippen molar-refractivity contribution < 1.29 is 29.0 Å². The number of esters is 1. The number of fused-ring (bicyclic) bond motifs is 3. The highest BCUT2D eigenvalue weighted by atomic mass is 16.5. The maximum absolute atomic E-state index is 12.1. The predicted octanol–water partition coefficient (Wildman–Crippen LogP) is 4.49. The van der Waals surface area contributed by atoms with E-state index in [1.54, 1.807) is 0 Å². The molecule has 7 nitrogen and oxygen atoms in total. The number of ether oxygens (including phenoxy) is 2. The number of hydrogen-bond donors (Lipinski definition) is 2. The minimum Gasteiger partial charge on any atom is -0.481 e. The van der Waals surface area contributed by atoms with E-state index in [0.29, 0.717) is 19.6 Å². The van der Waals surface area contributed by atoms with Gasteiger partial charge in [-0.15, -0.1) is 0 Å². The predicted molar refractivity (Wildman–Crippen MR) is 119 cm³/mol. The molecule has 0 spiro atoms. The van der Waals surface area contributed by atoms with Gasteiger partial charge in [-0.25, -0.2) is 4.79 Å². The molecular weight excluding hydrogens is 410 g/mol. The van der Waals surface area contributed by atoms with Crippen LogP contribution in [-0.4, -0.2) is 42.9 Å². The molecule has 0 fully saturated rings. The number of amides is 1. The highest BCUT2D eigenvalue weighted by Crippen LogP contribution is 2.44. The molecular formula is C25H29NO6. The minimum atomic E-state index is -1.01. The number of nitrogens with one attached hydrogen (secondary N) is 1. The van der Waals surface area contributed by atoms with Crippen LogP contribution < -0.4 is 5.32 Å². The SMILES string of the molecule is O=C(O)CCC(=O)OCCCCCCNC(=O)OCC1c2ccccc2-c2ccccc21. The molecule has 0 radical (unpaired) electrons. The molecule has 0 aromatic heterocycles. The highest BCUT2D eigenvalue weighted by Gasteiger charge is 2.28. The monoisotopic (exact) mass is 439 g/mol. The zero-order valence-electron chi connectivity index (χ0n) is 18.0. The van der Waals surface area contributed by atoms with Crippen LogP contribution in [0.5, 0.6) is 0 Å². The van der Waals surface area contributed by atoms with Gasteiger partial charge in [0.2, 0.25) is 0 Å². The van der Waals surface area contributed by atoms with Crippen molar-refractivity contribution in [2.75, 3.05) is 19.8 Å². The molecule has 2 N–H and O–H groups in total. The maximum Gasteiger partial charge on any atom is 0.407 e. The molecule has 0 aliphatic heterocycles. The number of aliphatic carboxylic acids is 1. The lowest BCUT2D eigenvalue weighted by molar-refractivity contribution is -0.147. The van der Waals surface area contributed by atoms with Crippen molar-refractivity contribution in [1.82, 2.24) is 5.32 Å². The van der Waals surface area contributed by atoms with Gasteiger partial charge < -0.3 is 19.9 Å². The topological polar surface area (TPSA) is 102 Å². The Morgan fingerprint density at radius 3 is 2.09 bits per heavy atom. The first kappa shape index (κ1) is 23.3. The Kier molecular flexibility index (Phi) is 8.66. The third kappa shape index (κ3) is 6.57. The lowest BCUT2D eigenvalue weighted by atomic mass is 9.98. The van der Waals surface area contributed by atoms with Crippen LogP contribution in [0.4, 0.5) is 4.79 Å². The molecule has 170 valence electrons. The van der Waals surface area contributed by atoms with E-state index in [4.69, 9.17) is 14.6 Å². The molecule has 0 saturated carbocycles. The van der Waals surface area contributed by atoms with E-state index in [-0.39, 0.29) is 25.4 Å². The summed E-state index contributed by atoms with van der Waals surface area (Å²) in [5.41, 5.74) is 4.77. The zero-order chi connectivity index (χ0) is 22.8. The first-order chi connectivity index (χ1) is 15.6. The van der Waals surface area contributed by atoms with Crippen molar-refractivity contribution in [1.29, 1.82) is 0 Å². The first-order valence-electron chi connectivity index (χ1n) is 11.0. The van der Waals surface area contributed by atoms with Crippen molar-refractivity contribution in [3.63, 3.8) is 0 Å². The summed E-state index contributed by atoms with van der Waals surface area (Å²) in [6.45, 7) is 1.11. The minimum absolute atomic E-state index is 0.0476. The van der Waals surface area contributed by atoms with Gasteiger partial charge in [-0.3, -0.25) is 9.59 Å².